The summed E-state index contributed by atoms with van der Waals surface area (Å²) < 4.78 is 0. The van der Waals surface area contributed by atoms with Gasteiger partial charge in [0.2, 0.25) is 5.82 Å². The average molecular weight is 308 g/mol. The van der Waals surface area contributed by atoms with Gasteiger partial charge in [-0.1, -0.05) is 6.92 Å². The molecule has 0 amide bonds. The van der Waals surface area contributed by atoms with Crippen LogP contribution in [0.15, 0.2) is 12.3 Å². The smallest absolute Gasteiger partial charge is 0.337 e. The van der Waals surface area contributed by atoms with Crippen LogP contribution in [-0.4, -0.2) is 26.0 Å². The molecule has 0 atom stereocenters. The molecule has 110 valence electrons. The Morgan fingerprint density at radius 2 is 2.29 bits per heavy atom. The Morgan fingerprint density at radius 3 is 2.81 bits per heavy atom. The van der Waals surface area contributed by atoms with Gasteiger partial charge in [0.05, 0.1) is 16.2 Å². The van der Waals surface area contributed by atoms with Gasteiger partial charge in [-0.15, -0.1) is 11.3 Å². The summed E-state index contributed by atoms with van der Waals surface area (Å²) >= 11 is 1.36. The van der Waals surface area contributed by atoms with Crippen molar-refractivity contribution in [2.24, 2.45) is 0 Å². The molecule has 0 fully saturated rings. The maximum Gasteiger partial charge on any atom is 0.337 e. The van der Waals surface area contributed by atoms with Crippen molar-refractivity contribution in [3.63, 3.8) is 0 Å². The number of carboxylic acids is 1. The first kappa shape index (κ1) is 14.9. The van der Waals surface area contributed by atoms with Crippen LogP contribution in [-0.2, 0) is 6.42 Å². The van der Waals surface area contributed by atoms with Crippen molar-refractivity contribution in [3.05, 3.63) is 38.5 Å². The van der Waals surface area contributed by atoms with E-state index in [0.717, 1.165) is 29.3 Å². The zero-order valence-electron chi connectivity index (χ0n) is 11.3. The van der Waals surface area contributed by atoms with Crippen LogP contribution in [0.25, 0.3) is 0 Å². The molecule has 21 heavy (non-hydrogen) atoms. The van der Waals surface area contributed by atoms with Crippen molar-refractivity contribution in [2.45, 2.75) is 20.3 Å². The number of hydrogen-bond donors (Lipinski definition) is 2. The summed E-state index contributed by atoms with van der Waals surface area (Å²) in [6.45, 7) is 3.88. The van der Waals surface area contributed by atoms with E-state index in [1.165, 1.54) is 11.3 Å². The summed E-state index contributed by atoms with van der Waals surface area (Å²) in [6.07, 6.45) is 1.83. The largest absolute Gasteiger partial charge is 0.478 e. The molecule has 0 unspecified atom stereocenters. The lowest BCUT2D eigenvalue weighted by Crippen LogP contribution is -2.04. The van der Waals surface area contributed by atoms with E-state index in [1.807, 2.05) is 13.8 Å². The van der Waals surface area contributed by atoms with E-state index in [0.29, 0.717) is 5.13 Å². The minimum atomic E-state index is -1.27. The van der Waals surface area contributed by atoms with Gasteiger partial charge >= 0.3 is 11.7 Å². The number of nitrogens with one attached hydrogen (secondary N) is 1. The molecule has 0 aliphatic heterocycles. The number of aryl methyl sites for hydroxylation is 2. The summed E-state index contributed by atoms with van der Waals surface area (Å²) in [4.78, 5) is 30.3. The van der Waals surface area contributed by atoms with Gasteiger partial charge < -0.3 is 10.4 Å². The lowest BCUT2D eigenvalue weighted by molar-refractivity contribution is -0.384. The van der Waals surface area contributed by atoms with Crippen LogP contribution in [0, 0.1) is 17.0 Å². The second-order valence-corrected chi connectivity index (χ2v) is 5.36. The number of nitrogens with zero attached hydrogens (tertiary/aromatic N) is 3. The Kier molecular flexibility index (Phi) is 4.13. The number of hydrogen-bond acceptors (Lipinski definition) is 7. The number of nitro groups is 1. The first-order valence-corrected chi connectivity index (χ1v) is 6.85. The summed E-state index contributed by atoms with van der Waals surface area (Å²) in [5, 5.41) is 23.1. The van der Waals surface area contributed by atoms with E-state index in [1.54, 1.807) is 0 Å². The van der Waals surface area contributed by atoms with Gasteiger partial charge in [-0.25, -0.2) is 14.8 Å². The maximum atomic E-state index is 11.0. The molecule has 2 aromatic rings. The number of carboxylic acid groups (broad SMARTS) is 1. The van der Waals surface area contributed by atoms with E-state index < -0.39 is 16.6 Å². The van der Waals surface area contributed by atoms with E-state index in [4.69, 9.17) is 5.11 Å². The summed E-state index contributed by atoms with van der Waals surface area (Å²) in [5.41, 5.74) is 0.268. The lowest BCUT2D eigenvalue weighted by Gasteiger charge is -2.03. The van der Waals surface area contributed by atoms with Crippen molar-refractivity contribution >= 4 is 33.9 Å². The lowest BCUT2D eigenvalue weighted by atomic mass is 10.2. The molecule has 9 heteroatoms. The highest BCUT2D eigenvalue weighted by Gasteiger charge is 2.20. The number of aromatic nitrogens is 2. The summed E-state index contributed by atoms with van der Waals surface area (Å²) in [7, 11) is 0. The fourth-order valence-electron chi connectivity index (χ4n) is 1.72. The van der Waals surface area contributed by atoms with E-state index in [-0.39, 0.29) is 11.4 Å². The average Bonchev–Trinajstić information content (AvgIpc) is 2.78. The van der Waals surface area contributed by atoms with Gasteiger partial charge in [-0.3, -0.25) is 10.1 Å². The third kappa shape index (κ3) is 3.14. The van der Waals surface area contributed by atoms with Crippen molar-refractivity contribution in [3.8, 4) is 0 Å². The van der Waals surface area contributed by atoms with Crippen LogP contribution in [0.5, 0.6) is 0 Å². The van der Waals surface area contributed by atoms with Crippen LogP contribution < -0.4 is 5.32 Å². The third-order valence-corrected chi connectivity index (χ3v) is 3.69. The SMILES string of the molecule is CCc1nc(Nc2ncc(C(=O)O)cc2[N+](=O)[O-])sc1C. The van der Waals surface area contributed by atoms with E-state index in [9.17, 15) is 14.9 Å². The number of anilines is 2. The molecule has 0 saturated heterocycles. The Balaban J connectivity index is 2.38. The normalized spacial score (nSPS) is 10.4. The molecule has 8 nitrogen and oxygen atoms in total. The highest BCUT2D eigenvalue weighted by atomic mass is 32.1. The van der Waals surface area contributed by atoms with Gasteiger partial charge in [-0.2, -0.15) is 0 Å². The topological polar surface area (TPSA) is 118 Å². The molecular formula is C12H12N4O4S. The van der Waals surface area contributed by atoms with Gasteiger partial charge in [-0.05, 0) is 13.3 Å². The van der Waals surface area contributed by atoms with Crippen LogP contribution in [0.2, 0.25) is 0 Å². The molecular weight excluding hydrogens is 296 g/mol. The van der Waals surface area contributed by atoms with Crippen molar-refractivity contribution in [1.82, 2.24) is 9.97 Å². The van der Waals surface area contributed by atoms with E-state index >= 15 is 0 Å². The Bertz CT molecular complexity index is 713. The van der Waals surface area contributed by atoms with Crippen LogP contribution >= 0.6 is 11.3 Å². The Labute approximate surface area is 123 Å². The third-order valence-electron chi connectivity index (χ3n) is 2.76. The van der Waals surface area contributed by atoms with E-state index in [2.05, 4.69) is 15.3 Å². The predicted octanol–water partition coefficient (Wildman–Crippen LogP) is 2.76. The highest BCUT2D eigenvalue weighted by Crippen LogP contribution is 2.29. The van der Waals surface area contributed by atoms with Crippen molar-refractivity contribution in [2.75, 3.05) is 5.32 Å². The van der Waals surface area contributed by atoms with Gasteiger partial charge in [0.25, 0.3) is 0 Å². The van der Waals surface area contributed by atoms with Gasteiger partial charge in [0.15, 0.2) is 5.13 Å². The zero-order chi connectivity index (χ0) is 15.6. The molecule has 2 rings (SSSR count). The molecule has 0 aromatic carbocycles. The van der Waals surface area contributed by atoms with Crippen LogP contribution in [0.3, 0.4) is 0 Å². The molecule has 0 bridgehead atoms. The quantitative estimate of drug-likeness (QED) is 0.644. The molecule has 2 N–H and O–H groups in total. The second kappa shape index (κ2) is 5.83. The molecule has 0 spiro atoms. The van der Waals surface area contributed by atoms with Gasteiger partial charge in [0, 0.05) is 17.1 Å². The van der Waals surface area contributed by atoms with Crippen LogP contribution in [0.4, 0.5) is 16.6 Å². The first-order chi connectivity index (χ1) is 9.92. The highest BCUT2D eigenvalue weighted by molar-refractivity contribution is 7.15. The first-order valence-electron chi connectivity index (χ1n) is 6.03. The predicted molar refractivity (Wildman–Crippen MR) is 77.4 cm³/mol. The maximum absolute atomic E-state index is 11.0. The second-order valence-electron chi connectivity index (χ2n) is 4.15. The molecule has 0 radical (unpaired) electrons. The summed E-state index contributed by atoms with van der Waals surface area (Å²) in [6, 6.07) is 0.971. The van der Waals surface area contributed by atoms with Gasteiger partial charge in [0.1, 0.15) is 0 Å². The number of aromatic carboxylic acids is 1. The Hall–Kier alpha value is -2.55. The molecule has 2 heterocycles. The van der Waals surface area contributed by atoms with Crippen molar-refractivity contribution in [1.29, 1.82) is 0 Å². The fourth-order valence-corrected chi connectivity index (χ4v) is 2.62. The monoisotopic (exact) mass is 308 g/mol. The van der Waals surface area contributed by atoms with Crippen molar-refractivity contribution < 1.29 is 14.8 Å². The number of carbonyl (C=O) groups is 1. The molecule has 0 aliphatic rings. The molecule has 0 saturated carbocycles. The fraction of sp³-hybridized carbons (Fsp3) is 0.250. The molecule has 0 aliphatic carbocycles. The minimum absolute atomic E-state index is 0.0265. The zero-order valence-corrected chi connectivity index (χ0v) is 12.1. The molecule has 2 aromatic heterocycles. The Morgan fingerprint density at radius 1 is 1.57 bits per heavy atom. The van der Waals surface area contributed by atoms with Crippen LogP contribution in [0.1, 0.15) is 27.9 Å². The number of rotatable bonds is 5. The minimum Gasteiger partial charge on any atom is -0.478 e. The number of thiazole rings is 1. The summed E-state index contributed by atoms with van der Waals surface area (Å²) in [5.74, 6) is -1.29. The number of pyridine rings is 1. The standard InChI is InChI=1S/C12H12N4O4S/c1-3-8-6(2)21-12(14-8)15-10-9(16(19)20)4-7(5-13-10)11(17)18/h4-5H,3H2,1-2H3,(H,17,18)(H,13,14,15).